The number of nitrogens with zero attached hydrogens (tertiary/aromatic N) is 5. The van der Waals surface area contributed by atoms with Crippen molar-refractivity contribution in [1.29, 1.82) is 0 Å². The second-order valence-corrected chi connectivity index (χ2v) is 2.92. The van der Waals surface area contributed by atoms with E-state index in [9.17, 15) is 9.59 Å². The Morgan fingerprint density at radius 2 is 2.38 bits per heavy atom. The van der Waals surface area contributed by atoms with Gasteiger partial charge in [-0.15, -0.1) is 6.58 Å². The van der Waals surface area contributed by atoms with Crippen LogP contribution in [0.25, 0.3) is 5.78 Å². The SMILES string of the molecule is C=CCn1ncn2nc(C(=O)O)c(=O)nc12. The first-order chi connectivity index (χ1) is 7.63. The summed E-state index contributed by atoms with van der Waals surface area (Å²) in [7, 11) is 0. The molecule has 0 aliphatic carbocycles. The second-order valence-electron chi connectivity index (χ2n) is 2.92. The summed E-state index contributed by atoms with van der Waals surface area (Å²) in [5.41, 5.74) is -1.52. The Bertz CT molecular complexity index is 626. The molecule has 0 spiro atoms. The monoisotopic (exact) mass is 221 g/mol. The van der Waals surface area contributed by atoms with Crippen molar-refractivity contribution in [2.45, 2.75) is 6.54 Å². The predicted octanol–water partition coefficient (Wildman–Crippen LogP) is -0.830. The minimum absolute atomic E-state index is 0.176. The highest BCUT2D eigenvalue weighted by Crippen LogP contribution is 1.95. The number of aromatic nitrogens is 5. The lowest BCUT2D eigenvalue weighted by atomic mass is 10.5. The summed E-state index contributed by atoms with van der Waals surface area (Å²) in [5, 5.41) is 16.2. The van der Waals surface area contributed by atoms with Crippen LogP contribution in [-0.4, -0.2) is 35.5 Å². The van der Waals surface area contributed by atoms with Gasteiger partial charge >= 0.3 is 11.5 Å². The van der Waals surface area contributed by atoms with Gasteiger partial charge in [0.25, 0.3) is 5.78 Å². The molecule has 1 N–H and O–H groups in total. The van der Waals surface area contributed by atoms with Gasteiger partial charge in [-0.25, -0.2) is 9.48 Å². The van der Waals surface area contributed by atoms with Crippen LogP contribution in [-0.2, 0) is 6.54 Å². The molecule has 0 unspecified atom stereocenters. The molecule has 0 aromatic carbocycles. The van der Waals surface area contributed by atoms with Gasteiger partial charge in [0, 0.05) is 0 Å². The van der Waals surface area contributed by atoms with Crippen molar-refractivity contribution in [3.05, 3.63) is 35.0 Å². The summed E-state index contributed by atoms with van der Waals surface area (Å²) in [4.78, 5) is 25.5. The Balaban J connectivity index is 2.71. The molecule has 82 valence electrons. The Morgan fingerprint density at radius 1 is 1.62 bits per heavy atom. The largest absolute Gasteiger partial charge is 0.476 e. The molecular formula is C8H7N5O3. The lowest BCUT2D eigenvalue weighted by Crippen LogP contribution is -2.23. The molecule has 2 rings (SSSR count). The van der Waals surface area contributed by atoms with Gasteiger partial charge in [-0.2, -0.15) is 19.7 Å². The maximum absolute atomic E-state index is 11.3. The molecule has 0 atom stereocenters. The second kappa shape index (κ2) is 3.57. The van der Waals surface area contributed by atoms with E-state index in [4.69, 9.17) is 5.11 Å². The van der Waals surface area contributed by atoms with Crippen molar-refractivity contribution in [3.63, 3.8) is 0 Å². The van der Waals surface area contributed by atoms with Gasteiger partial charge in [-0.1, -0.05) is 6.08 Å². The highest BCUT2D eigenvalue weighted by molar-refractivity contribution is 5.84. The van der Waals surface area contributed by atoms with Gasteiger partial charge in [0.15, 0.2) is 0 Å². The van der Waals surface area contributed by atoms with Gasteiger partial charge in [-0.3, -0.25) is 4.79 Å². The quantitative estimate of drug-likeness (QED) is 0.678. The molecule has 0 amide bonds. The molecule has 8 heteroatoms. The van der Waals surface area contributed by atoms with Crippen molar-refractivity contribution in [2.24, 2.45) is 0 Å². The van der Waals surface area contributed by atoms with E-state index in [1.807, 2.05) is 0 Å². The third-order valence-electron chi connectivity index (χ3n) is 1.85. The number of carbonyl (C=O) groups is 1. The molecular weight excluding hydrogens is 214 g/mol. The van der Waals surface area contributed by atoms with E-state index >= 15 is 0 Å². The van der Waals surface area contributed by atoms with Crippen LogP contribution in [0.3, 0.4) is 0 Å². The van der Waals surface area contributed by atoms with Crippen molar-refractivity contribution >= 4 is 11.7 Å². The van der Waals surface area contributed by atoms with E-state index in [1.165, 1.54) is 11.0 Å². The van der Waals surface area contributed by atoms with Gasteiger partial charge in [0.2, 0.25) is 5.69 Å². The fraction of sp³-hybridized carbons (Fsp3) is 0.125. The van der Waals surface area contributed by atoms with Crippen molar-refractivity contribution in [2.75, 3.05) is 0 Å². The third-order valence-corrected chi connectivity index (χ3v) is 1.85. The smallest absolute Gasteiger partial charge is 0.362 e. The molecule has 8 nitrogen and oxygen atoms in total. The number of hydrogen-bond acceptors (Lipinski definition) is 5. The molecule has 2 aromatic heterocycles. The van der Waals surface area contributed by atoms with Crippen molar-refractivity contribution < 1.29 is 9.90 Å². The zero-order valence-electron chi connectivity index (χ0n) is 8.07. The zero-order chi connectivity index (χ0) is 11.7. The summed E-state index contributed by atoms with van der Waals surface area (Å²) >= 11 is 0. The van der Waals surface area contributed by atoms with E-state index < -0.39 is 17.2 Å². The van der Waals surface area contributed by atoms with Crippen LogP contribution in [0.5, 0.6) is 0 Å². The molecule has 0 radical (unpaired) electrons. The highest BCUT2D eigenvalue weighted by atomic mass is 16.4. The van der Waals surface area contributed by atoms with E-state index in [-0.39, 0.29) is 5.78 Å². The number of hydrogen-bond donors (Lipinski definition) is 1. The first kappa shape index (κ1) is 10.0. The number of rotatable bonds is 3. The summed E-state index contributed by atoms with van der Waals surface area (Å²) in [6, 6.07) is 0. The normalized spacial score (nSPS) is 10.5. The van der Waals surface area contributed by atoms with Crippen molar-refractivity contribution in [1.82, 2.24) is 24.4 Å². The molecule has 16 heavy (non-hydrogen) atoms. The topological polar surface area (TPSA) is 102 Å². The lowest BCUT2D eigenvalue weighted by Gasteiger charge is -1.97. The van der Waals surface area contributed by atoms with Crippen LogP contribution in [0.1, 0.15) is 10.5 Å². The third kappa shape index (κ3) is 1.45. The van der Waals surface area contributed by atoms with Gasteiger partial charge in [0.1, 0.15) is 6.33 Å². The van der Waals surface area contributed by atoms with Crippen LogP contribution < -0.4 is 5.56 Å². The minimum Gasteiger partial charge on any atom is -0.476 e. The van der Waals surface area contributed by atoms with Crippen molar-refractivity contribution in [3.8, 4) is 0 Å². The molecule has 0 bridgehead atoms. The first-order valence-electron chi connectivity index (χ1n) is 4.30. The predicted molar refractivity (Wildman–Crippen MR) is 52.2 cm³/mol. The van der Waals surface area contributed by atoms with Crippen LogP contribution in [0, 0.1) is 0 Å². The number of fused-ring (bicyclic) bond motifs is 1. The summed E-state index contributed by atoms with van der Waals surface area (Å²) in [6.45, 7) is 3.88. The summed E-state index contributed by atoms with van der Waals surface area (Å²) in [6.07, 6.45) is 2.85. The van der Waals surface area contributed by atoms with Gasteiger partial charge in [0.05, 0.1) is 6.54 Å². The maximum atomic E-state index is 11.3. The Kier molecular flexibility index (Phi) is 2.24. The Labute approximate surface area is 88.5 Å². The molecule has 2 heterocycles. The average molecular weight is 221 g/mol. The number of allylic oxidation sites excluding steroid dienone is 1. The van der Waals surface area contributed by atoms with Crippen LogP contribution in [0.4, 0.5) is 0 Å². The number of aromatic carboxylic acids is 1. The Morgan fingerprint density at radius 3 is 3.00 bits per heavy atom. The summed E-state index contributed by atoms with van der Waals surface area (Å²) < 4.78 is 2.52. The number of carboxylic acid groups (broad SMARTS) is 1. The standard InChI is InChI=1S/C8H7N5O3/c1-2-3-12-8-10-6(14)5(7(15)16)11-13(8)4-9-12/h2,4H,1,3H2,(H,15,16). The summed E-state index contributed by atoms with van der Waals surface area (Å²) in [5.74, 6) is -1.24. The number of carboxylic acids is 1. The molecule has 2 aromatic rings. The molecule has 0 saturated carbocycles. The fourth-order valence-corrected chi connectivity index (χ4v) is 1.19. The van der Waals surface area contributed by atoms with Gasteiger partial charge < -0.3 is 5.11 Å². The molecule has 0 aliphatic heterocycles. The maximum Gasteiger partial charge on any atom is 0.362 e. The zero-order valence-corrected chi connectivity index (χ0v) is 8.07. The molecule has 0 saturated heterocycles. The fourth-order valence-electron chi connectivity index (χ4n) is 1.19. The van der Waals surface area contributed by atoms with E-state index in [2.05, 4.69) is 21.8 Å². The van der Waals surface area contributed by atoms with E-state index in [0.29, 0.717) is 6.54 Å². The van der Waals surface area contributed by atoms with E-state index in [1.54, 1.807) is 6.08 Å². The van der Waals surface area contributed by atoms with E-state index in [0.717, 1.165) is 4.52 Å². The highest BCUT2D eigenvalue weighted by Gasteiger charge is 2.14. The van der Waals surface area contributed by atoms with Gasteiger partial charge in [-0.05, 0) is 0 Å². The average Bonchev–Trinajstić information content (AvgIpc) is 2.60. The van der Waals surface area contributed by atoms with Crippen LogP contribution >= 0.6 is 0 Å². The Hall–Kier alpha value is -2.51. The first-order valence-corrected chi connectivity index (χ1v) is 4.30. The molecule has 0 aliphatic rings. The minimum atomic E-state index is -1.41. The lowest BCUT2D eigenvalue weighted by molar-refractivity contribution is 0.0686. The van der Waals surface area contributed by atoms with Crippen LogP contribution in [0.15, 0.2) is 23.8 Å². The van der Waals surface area contributed by atoms with Crippen LogP contribution in [0.2, 0.25) is 0 Å². The molecule has 0 fully saturated rings.